The van der Waals surface area contributed by atoms with Crippen LogP contribution in [0.15, 0.2) is 0 Å². The lowest BCUT2D eigenvalue weighted by Gasteiger charge is -2.16. The zero-order valence-electron chi connectivity index (χ0n) is 19.7. The molecular formula is C22H45O9P. The lowest BCUT2D eigenvalue weighted by Crippen LogP contribution is -2.24. The third kappa shape index (κ3) is 21.3. The van der Waals surface area contributed by atoms with E-state index in [1.807, 2.05) is 0 Å². The molecule has 0 aromatic heterocycles. The van der Waals surface area contributed by atoms with Crippen molar-refractivity contribution in [2.75, 3.05) is 26.4 Å². The summed E-state index contributed by atoms with van der Waals surface area (Å²) in [6.07, 6.45) is 13.5. The van der Waals surface area contributed by atoms with E-state index in [1.165, 1.54) is 64.2 Å². The van der Waals surface area contributed by atoms with E-state index in [1.54, 1.807) is 0 Å². The first-order valence-electron chi connectivity index (χ1n) is 12.0. The van der Waals surface area contributed by atoms with Crippen molar-refractivity contribution in [3.8, 4) is 0 Å². The van der Waals surface area contributed by atoms with Gasteiger partial charge in [0.05, 0.1) is 19.8 Å². The van der Waals surface area contributed by atoms with E-state index >= 15 is 0 Å². The van der Waals surface area contributed by atoms with Crippen LogP contribution in [0.2, 0.25) is 0 Å². The number of aliphatic hydroxyl groups excluding tert-OH is 3. The molecule has 0 bridgehead atoms. The average Bonchev–Trinajstić information content (AvgIpc) is 2.77. The summed E-state index contributed by atoms with van der Waals surface area (Å²) in [5, 5.41) is 27.4. The third-order valence-corrected chi connectivity index (χ3v) is 5.94. The summed E-state index contributed by atoms with van der Waals surface area (Å²) in [6, 6.07) is 0. The fourth-order valence-corrected chi connectivity index (χ4v) is 3.84. The van der Waals surface area contributed by atoms with Crippen LogP contribution >= 0.6 is 7.82 Å². The number of esters is 1. The summed E-state index contributed by atoms with van der Waals surface area (Å²) in [6.45, 7) is 0.0932. The van der Waals surface area contributed by atoms with Crippen LogP contribution in [-0.4, -0.2) is 64.8 Å². The van der Waals surface area contributed by atoms with Crippen LogP contribution in [0.5, 0.6) is 0 Å². The first-order chi connectivity index (χ1) is 15.3. The fraction of sp³-hybridized carbons (Fsp3) is 0.955. The number of aliphatic hydroxyl groups is 3. The lowest BCUT2D eigenvalue weighted by molar-refractivity contribution is -0.147. The minimum atomic E-state index is -4.48. The molecule has 0 rings (SSSR count). The Balaban J connectivity index is 3.54. The Hall–Kier alpha value is -0.540. The minimum absolute atomic E-state index is 0.270. The number of hydrogen-bond acceptors (Lipinski definition) is 8. The van der Waals surface area contributed by atoms with Gasteiger partial charge in [-0.1, -0.05) is 84.0 Å². The maximum absolute atomic E-state index is 11.7. The van der Waals surface area contributed by atoms with Gasteiger partial charge in [0.1, 0.15) is 18.8 Å². The van der Waals surface area contributed by atoms with Crippen LogP contribution in [-0.2, 0) is 23.1 Å². The van der Waals surface area contributed by atoms with Crippen molar-refractivity contribution in [2.45, 2.75) is 109 Å². The maximum atomic E-state index is 11.7. The highest BCUT2D eigenvalue weighted by atomic mass is 31.2. The first-order valence-corrected chi connectivity index (χ1v) is 13.5. The van der Waals surface area contributed by atoms with Gasteiger partial charge in [0.2, 0.25) is 0 Å². The van der Waals surface area contributed by atoms with Crippen LogP contribution in [0.1, 0.15) is 96.8 Å². The van der Waals surface area contributed by atoms with E-state index in [2.05, 4.69) is 16.0 Å². The van der Waals surface area contributed by atoms with Gasteiger partial charge in [-0.3, -0.25) is 13.8 Å². The molecule has 0 aromatic rings. The minimum Gasteiger partial charge on any atom is -0.463 e. The van der Waals surface area contributed by atoms with Crippen molar-refractivity contribution < 1.29 is 43.4 Å². The second kappa shape index (κ2) is 21.0. The number of rotatable bonds is 23. The smallest absolute Gasteiger partial charge is 0.463 e. The molecule has 0 amide bonds. The van der Waals surface area contributed by atoms with Crippen LogP contribution in [0.25, 0.3) is 0 Å². The molecule has 3 atom stereocenters. The largest absolute Gasteiger partial charge is 0.472 e. The van der Waals surface area contributed by atoms with Crippen molar-refractivity contribution in [3.63, 3.8) is 0 Å². The van der Waals surface area contributed by atoms with E-state index in [0.717, 1.165) is 19.3 Å². The molecule has 0 saturated heterocycles. The van der Waals surface area contributed by atoms with Crippen LogP contribution in [0.4, 0.5) is 0 Å². The highest BCUT2D eigenvalue weighted by Crippen LogP contribution is 2.43. The summed E-state index contributed by atoms with van der Waals surface area (Å²) in [4.78, 5) is 21.1. The number of hydrogen-bond donors (Lipinski definition) is 4. The van der Waals surface area contributed by atoms with Crippen LogP contribution < -0.4 is 0 Å². The van der Waals surface area contributed by atoms with E-state index in [0.29, 0.717) is 0 Å². The molecule has 0 aliphatic heterocycles. The van der Waals surface area contributed by atoms with Crippen molar-refractivity contribution in [1.82, 2.24) is 0 Å². The summed E-state index contributed by atoms with van der Waals surface area (Å²) in [5.41, 5.74) is 0. The maximum Gasteiger partial charge on any atom is 0.472 e. The molecule has 0 aliphatic carbocycles. The van der Waals surface area contributed by atoms with E-state index < -0.39 is 45.8 Å². The molecule has 9 nitrogen and oxygen atoms in total. The van der Waals surface area contributed by atoms with Crippen molar-refractivity contribution in [2.24, 2.45) is 0 Å². The molecule has 2 unspecified atom stereocenters. The molecule has 192 valence electrons. The molecule has 0 aliphatic rings. The average molecular weight is 485 g/mol. The van der Waals surface area contributed by atoms with Gasteiger partial charge in [-0.05, 0) is 6.42 Å². The van der Waals surface area contributed by atoms with E-state index in [4.69, 9.17) is 14.9 Å². The van der Waals surface area contributed by atoms with Crippen LogP contribution in [0, 0.1) is 0 Å². The molecule has 0 fully saturated rings. The van der Waals surface area contributed by atoms with E-state index in [-0.39, 0.29) is 13.0 Å². The van der Waals surface area contributed by atoms with Gasteiger partial charge >= 0.3 is 13.8 Å². The summed E-state index contributed by atoms with van der Waals surface area (Å²) < 4.78 is 25.5. The number of unbranched alkanes of at least 4 members (excludes halogenated alkanes) is 12. The highest BCUT2D eigenvalue weighted by Gasteiger charge is 2.24. The quantitative estimate of drug-likeness (QED) is 0.0965. The van der Waals surface area contributed by atoms with Gasteiger partial charge in [0, 0.05) is 6.42 Å². The Labute approximate surface area is 193 Å². The summed E-state index contributed by atoms with van der Waals surface area (Å²) in [7, 11) is -4.48. The number of phosphoric ester groups is 1. The molecule has 0 spiro atoms. The van der Waals surface area contributed by atoms with Gasteiger partial charge in [-0.25, -0.2) is 4.57 Å². The summed E-state index contributed by atoms with van der Waals surface area (Å²) >= 11 is 0. The van der Waals surface area contributed by atoms with Crippen LogP contribution in [0.3, 0.4) is 0 Å². The Kier molecular flexibility index (Phi) is 20.7. The molecule has 4 N–H and O–H groups in total. The first kappa shape index (κ1) is 31.5. The molecule has 10 heteroatoms. The Morgan fingerprint density at radius 3 is 1.66 bits per heavy atom. The normalized spacial score (nSPS) is 15.3. The molecular weight excluding hydrogens is 439 g/mol. The van der Waals surface area contributed by atoms with Gasteiger partial charge in [0.25, 0.3) is 0 Å². The molecule has 0 aromatic carbocycles. The lowest BCUT2D eigenvalue weighted by atomic mass is 10.0. The fourth-order valence-electron chi connectivity index (χ4n) is 3.05. The van der Waals surface area contributed by atoms with Gasteiger partial charge in [0.15, 0.2) is 0 Å². The van der Waals surface area contributed by atoms with Crippen molar-refractivity contribution >= 4 is 13.8 Å². The van der Waals surface area contributed by atoms with E-state index in [9.17, 15) is 19.4 Å². The predicted octanol–water partition coefficient (Wildman–Crippen LogP) is 3.86. The number of ether oxygens (including phenoxy) is 1. The number of phosphoric acid groups is 1. The highest BCUT2D eigenvalue weighted by molar-refractivity contribution is 7.47. The third-order valence-electron chi connectivity index (χ3n) is 4.99. The van der Waals surface area contributed by atoms with Crippen molar-refractivity contribution in [3.05, 3.63) is 0 Å². The number of carbonyl (C=O) groups excluding carboxylic acids is 1. The topological polar surface area (TPSA) is 143 Å². The summed E-state index contributed by atoms with van der Waals surface area (Å²) in [5.74, 6) is -0.429. The monoisotopic (exact) mass is 484 g/mol. The second-order valence-electron chi connectivity index (χ2n) is 8.23. The van der Waals surface area contributed by atoms with Gasteiger partial charge in [-0.15, -0.1) is 0 Å². The standard InChI is InChI=1S/C22H45O9P/c1-2-3-4-5-6-7-8-9-10-11-12-13-14-15-22(26)29-17-21(25)19-31-32(27,28)30-18-20(24)16-23/h20-21,23-25H,2-19H2,1H3,(H,27,28)/t20?,21-/m1/s1. The molecule has 0 radical (unpaired) electrons. The SMILES string of the molecule is CCCCCCCCCCCCCCCC(=O)OC[C@@H](O)COP(=O)(O)OCC(O)CO. The zero-order valence-corrected chi connectivity index (χ0v) is 20.6. The Bertz CT molecular complexity index is 490. The molecule has 32 heavy (non-hydrogen) atoms. The van der Waals surface area contributed by atoms with Gasteiger partial charge < -0.3 is 24.9 Å². The van der Waals surface area contributed by atoms with Gasteiger partial charge in [-0.2, -0.15) is 0 Å². The second-order valence-corrected chi connectivity index (χ2v) is 9.68. The Morgan fingerprint density at radius 1 is 0.750 bits per heavy atom. The van der Waals surface area contributed by atoms with Crippen molar-refractivity contribution in [1.29, 1.82) is 0 Å². The predicted molar refractivity (Wildman–Crippen MR) is 122 cm³/mol. The Morgan fingerprint density at radius 2 is 1.19 bits per heavy atom. The zero-order chi connectivity index (χ0) is 24.1. The molecule has 0 heterocycles. The number of carbonyl (C=O) groups is 1. The molecule has 0 saturated carbocycles.